The Labute approximate surface area is 90.7 Å². The zero-order chi connectivity index (χ0) is 10.8. The average molecular weight is 227 g/mol. The van der Waals surface area contributed by atoms with Crippen LogP contribution < -0.4 is 5.73 Å². The molecule has 1 heterocycles. The van der Waals surface area contributed by atoms with Gasteiger partial charge in [0.2, 0.25) is 0 Å². The first-order valence-electron chi connectivity index (χ1n) is 4.27. The Morgan fingerprint density at radius 2 is 2.27 bits per heavy atom. The van der Waals surface area contributed by atoms with Gasteiger partial charge in [0.1, 0.15) is 11.6 Å². The van der Waals surface area contributed by atoms with Crippen molar-refractivity contribution in [3.8, 4) is 0 Å². The minimum Gasteiger partial charge on any atom is -0.446 e. The molecule has 1 aromatic carbocycles. The lowest BCUT2D eigenvalue weighted by Crippen LogP contribution is -2.11. The van der Waals surface area contributed by atoms with Gasteiger partial charge in [-0.1, -0.05) is 17.7 Å². The summed E-state index contributed by atoms with van der Waals surface area (Å²) in [6, 6.07) is 3.87. The van der Waals surface area contributed by atoms with E-state index in [1.165, 1.54) is 24.7 Å². The molecule has 15 heavy (non-hydrogen) atoms. The summed E-state index contributed by atoms with van der Waals surface area (Å²) in [6.45, 7) is 0. The minimum absolute atomic E-state index is 0.0727. The molecule has 3 nitrogen and oxygen atoms in total. The van der Waals surface area contributed by atoms with E-state index in [1.807, 2.05) is 0 Å². The van der Waals surface area contributed by atoms with Crippen LogP contribution in [0.5, 0.6) is 0 Å². The Morgan fingerprint density at radius 3 is 2.87 bits per heavy atom. The van der Waals surface area contributed by atoms with Crippen LogP contribution in [0.25, 0.3) is 0 Å². The first-order chi connectivity index (χ1) is 7.18. The molecular formula is C10H8ClFN2O. The zero-order valence-electron chi connectivity index (χ0n) is 7.65. The van der Waals surface area contributed by atoms with Gasteiger partial charge in [0, 0.05) is 0 Å². The molecule has 0 aliphatic rings. The number of benzene rings is 1. The Balaban J connectivity index is 2.34. The lowest BCUT2D eigenvalue weighted by molar-refractivity contribution is 0.484. The maximum atomic E-state index is 13.1. The zero-order valence-corrected chi connectivity index (χ0v) is 8.41. The van der Waals surface area contributed by atoms with Crippen LogP contribution in [0.1, 0.15) is 17.4 Å². The Hall–Kier alpha value is -1.39. The van der Waals surface area contributed by atoms with Gasteiger partial charge in [0.05, 0.1) is 17.3 Å². The van der Waals surface area contributed by atoms with Crippen LogP contribution in [-0.4, -0.2) is 4.98 Å². The van der Waals surface area contributed by atoms with E-state index in [0.29, 0.717) is 11.3 Å². The molecule has 0 bridgehead atoms. The number of rotatable bonds is 2. The topological polar surface area (TPSA) is 52.0 Å². The van der Waals surface area contributed by atoms with E-state index in [9.17, 15) is 4.39 Å². The summed E-state index contributed by atoms with van der Waals surface area (Å²) in [4.78, 5) is 3.74. The molecule has 0 radical (unpaired) electrons. The van der Waals surface area contributed by atoms with Gasteiger partial charge in [-0.05, 0) is 17.7 Å². The van der Waals surface area contributed by atoms with E-state index >= 15 is 0 Å². The van der Waals surface area contributed by atoms with Crippen LogP contribution in [-0.2, 0) is 0 Å². The molecule has 0 aliphatic heterocycles. The summed E-state index contributed by atoms with van der Waals surface area (Å²) >= 11 is 5.56. The van der Waals surface area contributed by atoms with Crippen molar-refractivity contribution in [3.05, 3.63) is 53.0 Å². The predicted octanol–water partition coefficient (Wildman–Crippen LogP) is 2.52. The molecule has 0 aliphatic carbocycles. The van der Waals surface area contributed by atoms with Crippen molar-refractivity contribution in [2.75, 3.05) is 0 Å². The molecule has 2 rings (SSSR count). The lowest BCUT2D eigenvalue weighted by Gasteiger charge is -2.08. The fraction of sp³-hybridized carbons (Fsp3) is 0.100. The van der Waals surface area contributed by atoms with Crippen LogP contribution in [0.4, 0.5) is 4.39 Å². The quantitative estimate of drug-likeness (QED) is 0.856. The molecule has 1 aromatic heterocycles. The average Bonchev–Trinajstić information content (AvgIpc) is 2.74. The van der Waals surface area contributed by atoms with Gasteiger partial charge >= 0.3 is 0 Å². The smallest absolute Gasteiger partial charge is 0.180 e. The van der Waals surface area contributed by atoms with Crippen molar-refractivity contribution >= 4 is 11.6 Å². The van der Waals surface area contributed by atoms with E-state index in [1.54, 1.807) is 6.07 Å². The van der Waals surface area contributed by atoms with E-state index in [4.69, 9.17) is 21.8 Å². The summed E-state index contributed by atoms with van der Waals surface area (Å²) in [6.07, 6.45) is 2.78. The van der Waals surface area contributed by atoms with Crippen molar-refractivity contribution in [1.29, 1.82) is 0 Å². The standard InChI is InChI=1S/C10H8ClFN2O/c11-7-2-1-6(3-8(7)12)10(13)9-4-14-5-15-9/h1-5,10H,13H2/t10-/m1/s1. The molecule has 0 saturated heterocycles. The number of hydrogen-bond acceptors (Lipinski definition) is 3. The second-order valence-corrected chi connectivity index (χ2v) is 3.46. The highest BCUT2D eigenvalue weighted by atomic mass is 35.5. The minimum atomic E-state index is -0.528. The van der Waals surface area contributed by atoms with Crippen LogP contribution >= 0.6 is 11.6 Å². The molecule has 0 spiro atoms. The highest BCUT2D eigenvalue weighted by molar-refractivity contribution is 6.30. The van der Waals surface area contributed by atoms with E-state index in [0.717, 1.165) is 0 Å². The normalized spacial score (nSPS) is 12.7. The van der Waals surface area contributed by atoms with Crippen molar-refractivity contribution in [2.24, 2.45) is 5.73 Å². The fourth-order valence-electron chi connectivity index (χ4n) is 1.25. The highest BCUT2D eigenvalue weighted by Crippen LogP contribution is 2.23. The van der Waals surface area contributed by atoms with E-state index in [2.05, 4.69) is 4.98 Å². The van der Waals surface area contributed by atoms with Crippen LogP contribution in [0.15, 0.2) is 35.2 Å². The van der Waals surface area contributed by atoms with Gasteiger partial charge in [-0.25, -0.2) is 9.37 Å². The summed E-state index contributed by atoms with van der Waals surface area (Å²) in [5.74, 6) is -0.0131. The summed E-state index contributed by atoms with van der Waals surface area (Å²) in [7, 11) is 0. The monoisotopic (exact) mass is 226 g/mol. The number of nitrogens with zero attached hydrogens (tertiary/aromatic N) is 1. The third-order valence-corrected chi connectivity index (χ3v) is 2.37. The Kier molecular flexibility index (Phi) is 2.70. The second-order valence-electron chi connectivity index (χ2n) is 3.06. The third kappa shape index (κ3) is 2.00. The molecule has 0 amide bonds. The van der Waals surface area contributed by atoms with Crippen LogP contribution in [0.2, 0.25) is 5.02 Å². The Morgan fingerprint density at radius 1 is 1.47 bits per heavy atom. The van der Waals surface area contributed by atoms with Gasteiger partial charge in [-0.15, -0.1) is 0 Å². The van der Waals surface area contributed by atoms with Crippen LogP contribution in [0.3, 0.4) is 0 Å². The van der Waals surface area contributed by atoms with Crippen molar-refractivity contribution in [2.45, 2.75) is 6.04 Å². The summed E-state index contributed by atoms with van der Waals surface area (Å²) in [5.41, 5.74) is 6.43. The predicted molar refractivity (Wildman–Crippen MR) is 53.9 cm³/mol. The molecule has 78 valence electrons. The molecule has 0 fully saturated rings. The first kappa shape index (κ1) is 10.1. The van der Waals surface area contributed by atoms with Gasteiger partial charge in [0.25, 0.3) is 0 Å². The number of nitrogens with two attached hydrogens (primary N) is 1. The fourth-order valence-corrected chi connectivity index (χ4v) is 1.37. The number of hydrogen-bond donors (Lipinski definition) is 1. The van der Waals surface area contributed by atoms with Crippen molar-refractivity contribution < 1.29 is 8.81 Å². The third-order valence-electron chi connectivity index (χ3n) is 2.06. The SMILES string of the molecule is N[C@H](c1ccc(Cl)c(F)c1)c1cnco1. The molecule has 5 heteroatoms. The van der Waals surface area contributed by atoms with Crippen molar-refractivity contribution in [3.63, 3.8) is 0 Å². The molecular weight excluding hydrogens is 219 g/mol. The second kappa shape index (κ2) is 4.00. The maximum absolute atomic E-state index is 13.1. The number of oxazole rings is 1. The van der Waals surface area contributed by atoms with Gasteiger partial charge in [-0.3, -0.25) is 0 Å². The van der Waals surface area contributed by atoms with Crippen LogP contribution in [0, 0.1) is 5.82 Å². The maximum Gasteiger partial charge on any atom is 0.180 e. The number of halogens is 2. The van der Waals surface area contributed by atoms with Gasteiger partial charge in [0.15, 0.2) is 6.39 Å². The van der Waals surface area contributed by atoms with Gasteiger partial charge < -0.3 is 10.2 Å². The first-order valence-corrected chi connectivity index (χ1v) is 4.65. The largest absolute Gasteiger partial charge is 0.446 e. The van der Waals surface area contributed by atoms with E-state index < -0.39 is 11.9 Å². The highest BCUT2D eigenvalue weighted by Gasteiger charge is 2.13. The lowest BCUT2D eigenvalue weighted by atomic mass is 10.1. The molecule has 2 aromatic rings. The Bertz CT molecular complexity index is 458. The number of aromatic nitrogens is 1. The van der Waals surface area contributed by atoms with Crippen molar-refractivity contribution in [1.82, 2.24) is 4.98 Å². The summed E-state index contributed by atoms with van der Waals surface area (Å²) in [5, 5.41) is 0.0727. The van der Waals surface area contributed by atoms with E-state index in [-0.39, 0.29) is 5.02 Å². The molecule has 1 atom stereocenters. The molecule has 0 unspecified atom stereocenters. The summed E-state index contributed by atoms with van der Waals surface area (Å²) < 4.78 is 18.2. The van der Waals surface area contributed by atoms with Gasteiger partial charge in [-0.2, -0.15) is 0 Å². The molecule has 2 N–H and O–H groups in total. The molecule has 0 saturated carbocycles.